The largest absolute Gasteiger partial charge is 0.385 e. The van der Waals surface area contributed by atoms with Crippen LogP contribution in [0.2, 0.25) is 0 Å². The van der Waals surface area contributed by atoms with E-state index in [1.807, 2.05) is 7.05 Å². The van der Waals surface area contributed by atoms with E-state index in [1.54, 1.807) is 12.0 Å². The molecule has 1 aliphatic rings. The summed E-state index contributed by atoms with van der Waals surface area (Å²) in [6.45, 7) is 1.42. The lowest BCUT2D eigenvalue weighted by molar-refractivity contribution is -0.135. The van der Waals surface area contributed by atoms with Crippen molar-refractivity contribution >= 4 is 18.3 Å². The van der Waals surface area contributed by atoms with Gasteiger partial charge in [0.1, 0.15) is 0 Å². The second-order valence-electron chi connectivity index (χ2n) is 4.44. The first kappa shape index (κ1) is 15.7. The average molecular weight is 251 g/mol. The highest BCUT2D eigenvalue weighted by Crippen LogP contribution is 2.28. The van der Waals surface area contributed by atoms with Crippen LogP contribution < -0.4 is 5.73 Å². The molecule has 0 saturated heterocycles. The van der Waals surface area contributed by atoms with Gasteiger partial charge in [0.15, 0.2) is 0 Å². The average Bonchev–Trinajstić information content (AvgIpc) is 2.65. The molecule has 0 aromatic carbocycles. The van der Waals surface area contributed by atoms with Gasteiger partial charge in [-0.1, -0.05) is 12.8 Å². The maximum absolute atomic E-state index is 12.0. The van der Waals surface area contributed by atoms with E-state index in [0.717, 1.165) is 38.6 Å². The Hall–Kier alpha value is -0.320. The summed E-state index contributed by atoms with van der Waals surface area (Å²) in [4.78, 5) is 13.8. The first-order chi connectivity index (χ1) is 7.10. The second-order valence-corrected chi connectivity index (χ2v) is 4.44. The molecule has 0 aliphatic heterocycles. The maximum Gasteiger partial charge on any atom is 0.242 e. The predicted octanol–water partition coefficient (Wildman–Crippen LogP) is 1.17. The Balaban J connectivity index is 0.00000225. The summed E-state index contributed by atoms with van der Waals surface area (Å²) in [5.74, 6) is 0.0936. The van der Waals surface area contributed by atoms with Crippen molar-refractivity contribution in [3.8, 4) is 0 Å². The molecule has 4 nitrogen and oxygen atoms in total. The Bertz CT molecular complexity index is 218. The smallest absolute Gasteiger partial charge is 0.242 e. The van der Waals surface area contributed by atoms with Crippen LogP contribution in [0.1, 0.15) is 32.1 Å². The lowest BCUT2D eigenvalue weighted by Gasteiger charge is -2.28. The molecule has 5 heteroatoms. The van der Waals surface area contributed by atoms with Crippen LogP contribution >= 0.6 is 12.4 Å². The van der Waals surface area contributed by atoms with Gasteiger partial charge >= 0.3 is 0 Å². The van der Waals surface area contributed by atoms with Crippen LogP contribution in [0.25, 0.3) is 0 Å². The number of hydrogen-bond donors (Lipinski definition) is 1. The number of amides is 1. The van der Waals surface area contributed by atoms with E-state index in [4.69, 9.17) is 10.5 Å². The van der Waals surface area contributed by atoms with Gasteiger partial charge in [-0.3, -0.25) is 4.79 Å². The van der Waals surface area contributed by atoms with Crippen molar-refractivity contribution in [2.45, 2.75) is 37.6 Å². The number of methoxy groups -OCH3 is 1. The van der Waals surface area contributed by atoms with E-state index in [-0.39, 0.29) is 18.3 Å². The maximum atomic E-state index is 12.0. The minimum absolute atomic E-state index is 0. The van der Waals surface area contributed by atoms with Crippen molar-refractivity contribution in [3.05, 3.63) is 0 Å². The normalized spacial score (nSPS) is 17.9. The van der Waals surface area contributed by atoms with E-state index in [9.17, 15) is 4.79 Å². The molecule has 0 heterocycles. The standard InChI is InChI=1S/C11H22N2O2.ClH/c1-13(8-5-9-15-2)10(14)11(12)6-3-4-7-11;/h3-9,12H2,1-2H3;1H. The third-order valence-electron chi connectivity index (χ3n) is 3.11. The fourth-order valence-electron chi connectivity index (χ4n) is 2.15. The quantitative estimate of drug-likeness (QED) is 0.746. The van der Waals surface area contributed by atoms with Gasteiger partial charge in [0.25, 0.3) is 0 Å². The number of nitrogens with zero attached hydrogens (tertiary/aromatic N) is 1. The molecule has 16 heavy (non-hydrogen) atoms. The van der Waals surface area contributed by atoms with Crippen LogP contribution in [-0.2, 0) is 9.53 Å². The zero-order valence-corrected chi connectivity index (χ0v) is 11.0. The Labute approximate surface area is 104 Å². The van der Waals surface area contributed by atoms with E-state index in [0.29, 0.717) is 6.61 Å². The van der Waals surface area contributed by atoms with Gasteiger partial charge in [0, 0.05) is 27.3 Å². The van der Waals surface area contributed by atoms with Crippen LogP contribution in [0.5, 0.6) is 0 Å². The van der Waals surface area contributed by atoms with Gasteiger partial charge in [-0.2, -0.15) is 0 Å². The van der Waals surface area contributed by atoms with Gasteiger partial charge in [-0.05, 0) is 19.3 Å². The Morgan fingerprint density at radius 3 is 2.50 bits per heavy atom. The number of ether oxygens (including phenoxy) is 1. The molecule has 0 spiro atoms. The van der Waals surface area contributed by atoms with Crippen LogP contribution in [0.3, 0.4) is 0 Å². The molecule has 1 fully saturated rings. The molecule has 1 saturated carbocycles. The molecule has 0 unspecified atom stereocenters. The van der Waals surface area contributed by atoms with Gasteiger partial charge in [-0.15, -0.1) is 12.4 Å². The highest BCUT2D eigenvalue weighted by atomic mass is 35.5. The third kappa shape index (κ3) is 3.92. The first-order valence-corrected chi connectivity index (χ1v) is 5.63. The monoisotopic (exact) mass is 250 g/mol. The van der Waals surface area contributed by atoms with Crippen molar-refractivity contribution in [3.63, 3.8) is 0 Å². The van der Waals surface area contributed by atoms with Crippen molar-refractivity contribution in [1.82, 2.24) is 4.90 Å². The number of halogens is 1. The molecule has 1 aliphatic carbocycles. The fourth-order valence-corrected chi connectivity index (χ4v) is 2.15. The summed E-state index contributed by atoms with van der Waals surface area (Å²) < 4.78 is 4.95. The summed E-state index contributed by atoms with van der Waals surface area (Å²) in [6, 6.07) is 0. The van der Waals surface area contributed by atoms with Crippen LogP contribution in [0.15, 0.2) is 0 Å². The minimum Gasteiger partial charge on any atom is -0.385 e. The summed E-state index contributed by atoms with van der Waals surface area (Å²) in [6.07, 6.45) is 4.69. The fraction of sp³-hybridized carbons (Fsp3) is 0.909. The molecular weight excluding hydrogens is 228 g/mol. The molecule has 1 amide bonds. The van der Waals surface area contributed by atoms with Gasteiger partial charge in [-0.25, -0.2) is 0 Å². The number of nitrogens with two attached hydrogens (primary N) is 1. The zero-order valence-electron chi connectivity index (χ0n) is 10.2. The zero-order chi connectivity index (χ0) is 11.3. The van der Waals surface area contributed by atoms with Crippen LogP contribution in [0.4, 0.5) is 0 Å². The molecule has 0 aromatic rings. The van der Waals surface area contributed by atoms with E-state index >= 15 is 0 Å². The predicted molar refractivity (Wildman–Crippen MR) is 66.8 cm³/mol. The highest BCUT2D eigenvalue weighted by molar-refractivity contribution is 5.86. The SMILES string of the molecule is COCCCN(C)C(=O)C1(N)CCCC1.Cl. The summed E-state index contributed by atoms with van der Waals surface area (Å²) in [7, 11) is 3.49. The van der Waals surface area contributed by atoms with Crippen LogP contribution in [-0.4, -0.2) is 43.7 Å². The molecular formula is C11H23ClN2O2. The van der Waals surface area contributed by atoms with Gasteiger partial charge in [0.05, 0.1) is 5.54 Å². The summed E-state index contributed by atoms with van der Waals surface area (Å²) in [5.41, 5.74) is 5.50. The molecule has 2 N–H and O–H groups in total. The number of rotatable bonds is 5. The third-order valence-corrected chi connectivity index (χ3v) is 3.11. The minimum atomic E-state index is -0.582. The molecule has 0 atom stereocenters. The Morgan fingerprint density at radius 2 is 2.00 bits per heavy atom. The van der Waals surface area contributed by atoms with Gasteiger partial charge in [0.2, 0.25) is 5.91 Å². The summed E-state index contributed by atoms with van der Waals surface area (Å²) in [5, 5.41) is 0. The van der Waals surface area contributed by atoms with Crippen molar-refractivity contribution in [2.75, 3.05) is 27.3 Å². The van der Waals surface area contributed by atoms with Crippen molar-refractivity contribution in [2.24, 2.45) is 5.73 Å². The van der Waals surface area contributed by atoms with E-state index < -0.39 is 5.54 Å². The Morgan fingerprint density at radius 1 is 1.44 bits per heavy atom. The van der Waals surface area contributed by atoms with Crippen molar-refractivity contribution < 1.29 is 9.53 Å². The number of hydrogen-bond acceptors (Lipinski definition) is 3. The lowest BCUT2D eigenvalue weighted by Crippen LogP contribution is -2.52. The van der Waals surface area contributed by atoms with Crippen LogP contribution in [0, 0.1) is 0 Å². The number of carbonyl (C=O) groups excluding carboxylic acids is 1. The second kappa shape index (κ2) is 7.09. The summed E-state index contributed by atoms with van der Waals surface area (Å²) >= 11 is 0. The number of likely N-dealkylation sites (N-methyl/N-ethyl adjacent to an activating group) is 1. The molecule has 96 valence electrons. The molecule has 0 radical (unpaired) electrons. The highest BCUT2D eigenvalue weighted by Gasteiger charge is 2.38. The van der Waals surface area contributed by atoms with Crippen molar-refractivity contribution in [1.29, 1.82) is 0 Å². The number of carbonyl (C=O) groups is 1. The lowest BCUT2D eigenvalue weighted by atomic mass is 9.97. The molecule has 0 aromatic heterocycles. The molecule has 0 bridgehead atoms. The first-order valence-electron chi connectivity index (χ1n) is 5.63. The topological polar surface area (TPSA) is 55.6 Å². The van der Waals surface area contributed by atoms with E-state index in [2.05, 4.69) is 0 Å². The Kier molecular flexibility index (Phi) is 6.95. The molecule has 1 rings (SSSR count). The van der Waals surface area contributed by atoms with E-state index in [1.165, 1.54) is 0 Å². The van der Waals surface area contributed by atoms with Gasteiger partial charge < -0.3 is 15.4 Å².